The van der Waals surface area contributed by atoms with Crippen LogP contribution in [-0.2, 0) is 0 Å². The molecule has 0 radical (unpaired) electrons. The van der Waals surface area contributed by atoms with Gasteiger partial charge in [-0.25, -0.2) is 4.79 Å². The first-order valence-corrected chi connectivity index (χ1v) is 10.2. The van der Waals surface area contributed by atoms with Gasteiger partial charge >= 0.3 is 6.03 Å². The third-order valence-electron chi connectivity index (χ3n) is 5.26. The van der Waals surface area contributed by atoms with Crippen LogP contribution in [0.4, 0.5) is 22.0 Å². The van der Waals surface area contributed by atoms with Gasteiger partial charge in [0, 0.05) is 43.1 Å². The van der Waals surface area contributed by atoms with Gasteiger partial charge in [0.15, 0.2) is 5.82 Å². The number of amides is 2. The van der Waals surface area contributed by atoms with Crippen LogP contribution >= 0.6 is 0 Å². The Hall–Kier alpha value is -3.65. The summed E-state index contributed by atoms with van der Waals surface area (Å²) in [7, 11) is 3.74. The van der Waals surface area contributed by atoms with E-state index >= 15 is 0 Å². The van der Waals surface area contributed by atoms with Crippen LogP contribution in [-0.4, -0.2) is 61.5 Å². The molecule has 0 aliphatic carbocycles. The number of piperazine rings is 1. The second-order valence-corrected chi connectivity index (χ2v) is 7.45. The predicted molar refractivity (Wildman–Crippen MR) is 123 cm³/mol. The van der Waals surface area contributed by atoms with Crippen LogP contribution in [0.15, 0.2) is 60.7 Å². The van der Waals surface area contributed by atoms with Gasteiger partial charge in [0.05, 0.1) is 12.8 Å². The van der Waals surface area contributed by atoms with Crippen molar-refractivity contribution in [2.75, 3.05) is 55.9 Å². The molecule has 0 bridgehead atoms. The fourth-order valence-electron chi connectivity index (χ4n) is 3.38. The largest absolute Gasteiger partial charge is 0.497 e. The molecule has 160 valence electrons. The number of urea groups is 1. The van der Waals surface area contributed by atoms with Crippen molar-refractivity contribution in [2.45, 2.75) is 0 Å². The highest BCUT2D eigenvalue weighted by atomic mass is 16.5. The zero-order chi connectivity index (χ0) is 21.6. The van der Waals surface area contributed by atoms with Gasteiger partial charge in [-0.05, 0) is 55.6 Å². The molecule has 1 aliphatic heterocycles. The lowest BCUT2D eigenvalue weighted by Gasteiger charge is -2.32. The predicted octanol–water partition coefficient (Wildman–Crippen LogP) is 3.55. The van der Waals surface area contributed by atoms with E-state index in [-0.39, 0.29) is 6.03 Å². The number of benzene rings is 2. The van der Waals surface area contributed by atoms with Crippen molar-refractivity contribution < 1.29 is 9.53 Å². The molecular weight excluding hydrogens is 392 g/mol. The summed E-state index contributed by atoms with van der Waals surface area (Å²) < 4.78 is 5.12. The van der Waals surface area contributed by atoms with Crippen LogP contribution in [0.5, 0.6) is 5.75 Å². The summed E-state index contributed by atoms with van der Waals surface area (Å²) in [6.07, 6.45) is 0. The Morgan fingerprint density at radius 2 is 1.45 bits per heavy atom. The van der Waals surface area contributed by atoms with Gasteiger partial charge < -0.3 is 25.2 Å². The Morgan fingerprint density at radius 3 is 2.00 bits per heavy atom. The van der Waals surface area contributed by atoms with E-state index in [4.69, 9.17) is 4.74 Å². The summed E-state index contributed by atoms with van der Waals surface area (Å²) in [6.45, 7) is 3.99. The number of nitrogens with one attached hydrogen (secondary N) is 2. The topological polar surface area (TPSA) is 82.6 Å². The maximum Gasteiger partial charge on any atom is 0.323 e. The molecule has 2 aromatic carbocycles. The molecule has 1 aromatic heterocycles. The first-order chi connectivity index (χ1) is 15.1. The van der Waals surface area contributed by atoms with Crippen molar-refractivity contribution in [3.8, 4) is 17.0 Å². The van der Waals surface area contributed by atoms with E-state index in [1.54, 1.807) is 31.4 Å². The highest BCUT2D eigenvalue weighted by Crippen LogP contribution is 2.22. The van der Waals surface area contributed by atoms with Gasteiger partial charge in [0.25, 0.3) is 0 Å². The monoisotopic (exact) mass is 418 g/mol. The smallest absolute Gasteiger partial charge is 0.323 e. The van der Waals surface area contributed by atoms with Crippen molar-refractivity contribution in [2.24, 2.45) is 0 Å². The Kier molecular flexibility index (Phi) is 6.28. The molecule has 0 unspecified atom stereocenters. The third kappa shape index (κ3) is 5.29. The number of rotatable bonds is 5. The van der Waals surface area contributed by atoms with Crippen LogP contribution in [0.25, 0.3) is 11.3 Å². The number of methoxy groups -OCH3 is 1. The van der Waals surface area contributed by atoms with Crippen LogP contribution < -0.4 is 20.3 Å². The molecule has 4 rings (SSSR count). The van der Waals surface area contributed by atoms with Crippen molar-refractivity contribution in [1.29, 1.82) is 0 Å². The second-order valence-electron chi connectivity index (χ2n) is 7.45. The molecule has 1 fully saturated rings. The number of ether oxygens (including phenoxy) is 1. The van der Waals surface area contributed by atoms with Gasteiger partial charge in [0.1, 0.15) is 5.75 Å². The number of aromatic nitrogens is 2. The number of carbonyl (C=O) groups excluding carboxylic acids is 1. The molecule has 0 saturated carbocycles. The zero-order valence-electron chi connectivity index (χ0n) is 17.7. The SMILES string of the molecule is COc1ccc(NC(=O)Nc2ccc(-c3ccc(N4CCN(C)CC4)nn3)cc2)cc1. The standard InChI is InChI=1S/C23H26N6O2/c1-28-13-15-29(16-14-28)22-12-11-21(26-27-22)17-3-5-18(6-4-17)24-23(30)25-19-7-9-20(31-2)10-8-19/h3-12H,13-16H2,1-2H3,(H2,24,25,30). The van der Waals surface area contributed by atoms with Crippen LogP contribution in [0.2, 0.25) is 0 Å². The fraction of sp³-hybridized carbons (Fsp3) is 0.261. The van der Waals surface area contributed by atoms with Crippen molar-refractivity contribution in [3.05, 3.63) is 60.7 Å². The quantitative estimate of drug-likeness (QED) is 0.659. The summed E-state index contributed by atoms with van der Waals surface area (Å²) in [6, 6.07) is 18.4. The lowest BCUT2D eigenvalue weighted by Crippen LogP contribution is -2.44. The first kappa shape index (κ1) is 20.6. The minimum Gasteiger partial charge on any atom is -0.497 e. The third-order valence-corrected chi connectivity index (χ3v) is 5.26. The molecule has 31 heavy (non-hydrogen) atoms. The number of carbonyl (C=O) groups is 1. The molecule has 1 saturated heterocycles. The lowest BCUT2D eigenvalue weighted by atomic mass is 10.1. The van der Waals surface area contributed by atoms with E-state index in [2.05, 4.69) is 37.7 Å². The van der Waals surface area contributed by atoms with Crippen LogP contribution in [0.3, 0.4) is 0 Å². The van der Waals surface area contributed by atoms with Crippen molar-refractivity contribution >= 4 is 23.2 Å². The molecule has 2 amide bonds. The van der Waals surface area contributed by atoms with E-state index in [1.807, 2.05) is 36.4 Å². The van der Waals surface area contributed by atoms with Crippen molar-refractivity contribution in [1.82, 2.24) is 15.1 Å². The van der Waals surface area contributed by atoms with Crippen LogP contribution in [0.1, 0.15) is 0 Å². The Bertz CT molecular complexity index is 998. The first-order valence-electron chi connectivity index (χ1n) is 10.2. The maximum absolute atomic E-state index is 12.2. The average Bonchev–Trinajstić information content (AvgIpc) is 2.81. The molecule has 2 N–H and O–H groups in total. The Balaban J connectivity index is 1.34. The number of anilines is 3. The Labute approximate surface area is 181 Å². The molecule has 8 nitrogen and oxygen atoms in total. The fourth-order valence-corrected chi connectivity index (χ4v) is 3.38. The van der Waals surface area contributed by atoms with E-state index in [9.17, 15) is 4.79 Å². The minimum atomic E-state index is -0.311. The molecule has 1 aliphatic rings. The summed E-state index contributed by atoms with van der Waals surface area (Å²) >= 11 is 0. The number of nitrogens with zero attached hydrogens (tertiary/aromatic N) is 4. The van der Waals surface area contributed by atoms with E-state index < -0.39 is 0 Å². The van der Waals surface area contributed by atoms with Gasteiger partial charge in [0.2, 0.25) is 0 Å². The zero-order valence-corrected chi connectivity index (χ0v) is 17.7. The summed E-state index contributed by atoms with van der Waals surface area (Å²) in [5, 5.41) is 14.4. The van der Waals surface area contributed by atoms with Gasteiger partial charge in [-0.3, -0.25) is 0 Å². The summed E-state index contributed by atoms with van der Waals surface area (Å²) in [5.41, 5.74) is 3.12. The summed E-state index contributed by atoms with van der Waals surface area (Å²) in [5.74, 6) is 1.64. The highest BCUT2D eigenvalue weighted by molar-refractivity contribution is 5.99. The van der Waals surface area contributed by atoms with E-state index in [1.165, 1.54) is 0 Å². The normalized spacial score (nSPS) is 14.2. The number of likely N-dealkylation sites (N-methyl/N-ethyl adjacent to an activating group) is 1. The number of hydrogen-bond acceptors (Lipinski definition) is 6. The average molecular weight is 419 g/mol. The van der Waals surface area contributed by atoms with Crippen LogP contribution in [0, 0.1) is 0 Å². The van der Waals surface area contributed by atoms with Crippen molar-refractivity contribution in [3.63, 3.8) is 0 Å². The summed E-state index contributed by atoms with van der Waals surface area (Å²) in [4.78, 5) is 16.8. The van der Waals surface area contributed by atoms with Gasteiger partial charge in [-0.15, -0.1) is 10.2 Å². The minimum absolute atomic E-state index is 0.311. The second kappa shape index (κ2) is 9.44. The molecule has 0 atom stereocenters. The molecule has 2 heterocycles. The van der Waals surface area contributed by atoms with Gasteiger partial charge in [-0.2, -0.15) is 0 Å². The van der Waals surface area contributed by atoms with E-state index in [0.717, 1.165) is 49.0 Å². The maximum atomic E-state index is 12.2. The number of hydrogen-bond donors (Lipinski definition) is 2. The molecule has 3 aromatic rings. The Morgan fingerprint density at radius 1 is 0.839 bits per heavy atom. The molecule has 0 spiro atoms. The van der Waals surface area contributed by atoms with Gasteiger partial charge in [-0.1, -0.05) is 12.1 Å². The lowest BCUT2D eigenvalue weighted by molar-refractivity contribution is 0.262. The highest BCUT2D eigenvalue weighted by Gasteiger charge is 2.15. The molecule has 8 heteroatoms. The molecular formula is C23H26N6O2. The van der Waals surface area contributed by atoms with E-state index in [0.29, 0.717) is 11.4 Å².